The van der Waals surface area contributed by atoms with E-state index in [1.807, 2.05) is 51.2 Å². The van der Waals surface area contributed by atoms with Crippen LogP contribution in [0.1, 0.15) is 39.7 Å². The van der Waals surface area contributed by atoms with Gasteiger partial charge in [0.25, 0.3) is 0 Å². The average molecular weight is 473 g/mol. The van der Waals surface area contributed by atoms with Gasteiger partial charge in [0.2, 0.25) is 0 Å². The van der Waals surface area contributed by atoms with E-state index in [2.05, 4.69) is 4.57 Å². The second-order valence-corrected chi connectivity index (χ2v) is 11.6. The Morgan fingerprint density at radius 2 is 1.76 bits per heavy atom. The summed E-state index contributed by atoms with van der Waals surface area (Å²) in [7, 11) is -3.46. The number of sulfone groups is 1. The average Bonchev–Trinajstić information content (AvgIpc) is 3.15. The number of hydrogen-bond acceptors (Lipinski definition) is 4. The van der Waals surface area contributed by atoms with Crippen LogP contribution in [0.3, 0.4) is 0 Å². The van der Waals surface area contributed by atoms with Crippen molar-refractivity contribution in [1.29, 1.82) is 0 Å². The molecule has 8 heteroatoms. The number of carbonyl (C=O) groups is 1. The third-order valence-corrected chi connectivity index (χ3v) is 7.02. The molecule has 0 bridgehead atoms. The number of aromatic nitrogens is 1. The first kappa shape index (κ1) is 23.3. The molecule has 1 saturated heterocycles. The fraction of sp³-hybridized carbons (Fsp3) is 0.400. The van der Waals surface area contributed by atoms with Gasteiger partial charge in [-0.25, -0.2) is 17.6 Å². The van der Waals surface area contributed by atoms with Crippen molar-refractivity contribution in [2.24, 2.45) is 0 Å². The molecule has 1 aliphatic heterocycles. The van der Waals surface area contributed by atoms with Crippen LogP contribution >= 0.6 is 0 Å². The highest BCUT2D eigenvalue weighted by Gasteiger charge is 2.28. The lowest BCUT2D eigenvalue weighted by Crippen LogP contribution is -2.42. The predicted molar refractivity (Wildman–Crippen MR) is 127 cm³/mol. The summed E-state index contributed by atoms with van der Waals surface area (Å²) >= 11 is 0. The Labute approximate surface area is 193 Å². The van der Waals surface area contributed by atoms with E-state index in [0.29, 0.717) is 24.2 Å². The fourth-order valence-electron chi connectivity index (χ4n) is 4.26. The van der Waals surface area contributed by atoms with E-state index < -0.39 is 21.3 Å². The molecule has 176 valence electrons. The van der Waals surface area contributed by atoms with Crippen LogP contribution < -0.4 is 0 Å². The number of carbonyl (C=O) groups excluding carboxylic acids is 1. The molecule has 33 heavy (non-hydrogen) atoms. The first-order chi connectivity index (χ1) is 15.4. The molecule has 1 aromatic heterocycles. The van der Waals surface area contributed by atoms with Gasteiger partial charge in [-0.1, -0.05) is 12.1 Å². The summed E-state index contributed by atoms with van der Waals surface area (Å²) in [4.78, 5) is 14.1. The van der Waals surface area contributed by atoms with Gasteiger partial charge in [0.1, 0.15) is 11.4 Å². The van der Waals surface area contributed by atoms with Crippen LogP contribution in [-0.4, -0.2) is 48.9 Å². The second kappa shape index (κ2) is 8.48. The summed E-state index contributed by atoms with van der Waals surface area (Å²) in [5, 5.41) is 0.980. The topological polar surface area (TPSA) is 68.6 Å². The van der Waals surface area contributed by atoms with Gasteiger partial charge in [0.05, 0.1) is 4.90 Å². The van der Waals surface area contributed by atoms with Crippen molar-refractivity contribution in [2.45, 2.75) is 50.2 Å². The zero-order valence-electron chi connectivity index (χ0n) is 19.3. The maximum atomic E-state index is 14.7. The molecular formula is C25H29FN2O4S. The minimum absolute atomic E-state index is 0.0336. The lowest BCUT2D eigenvalue weighted by atomic mass is 10.0. The van der Waals surface area contributed by atoms with Gasteiger partial charge >= 0.3 is 6.09 Å². The number of rotatable bonds is 3. The standard InChI is InChI=1S/C25H29FN2O4S/c1-25(2,3)32-24(29)27-12-10-19(11-13-27)28-14-9-18-15-17(5-8-23(18)28)21-7-6-20(16-22(21)26)33(4,30)31/h5-9,14-16,19H,10-13H2,1-4H3. The largest absolute Gasteiger partial charge is 0.444 e. The van der Waals surface area contributed by atoms with Crippen LogP contribution in [0, 0.1) is 5.82 Å². The number of ether oxygens (including phenoxy) is 1. The number of fused-ring (bicyclic) bond motifs is 1. The highest BCUT2D eigenvalue weighted by atomic mass is 32.2. The van der Waals surface area contributed by atoms with Crippen molar-refractivity contribution < 1.29 is 22.3 Å². The Morgan fingerprint density at radius 3 is 2.36 bits per heavy atom. The lowest BCUT2D eigenvalue weighted by molar-refractivity contribution is 0.0189. The number of nitrogens with zero attached hydrogens (tertiary/aromatic N) is 2. The normalized spacial score (nSPS) is 15.7. The van der Waals surface area contributed by atoms with E-state index >= 15 is 0 Å². The number of likely N-dealkylation sites (tertiary alicyclic amines) is 1. The smallest absolute Gasteiger partial charge is 0.410 e. The summed E-state index contributed by atoms with van der Waals surface area (Å²) in [5.74, 6) is -0.564. The van der Waals surface area contributed by atoms with Gasteiger partial charge in [-0.2, -0.15) is 0 Å². The van der Waals surface area contributed by atoms with Gasteiger partial charge in [-0.3, -0.25) is 0 Å². The van der Waals surface area contributed by atoms with E-state index in [0.717, 1.165) is 36.1 Å². The fourth-order valence-corrected chi connectivity index (χ4v) is 4.90. The zero-order chi connectivity index (χ0) is 24.0. The molecule has 0 atom stereocenters. The molecule has 0 radical (unpaired) electrons. The molecule has 0 saturated carbocycles. The summed E-state index contributed by atoms with van der Waals surface area (Å²) in [6, 6.07) is 12.0. The number of piperidine rings is 1. The molecule has 6 nitrogen and oxygen atoms in total. The monoisotopic (exact) mass is 472 g/mol. The van der Waals surface area contributed by atoms with Crippen LogP contribution in [-0.2, 0) is 14.6 Å². The SMILES string of the molecule is CC(C)(C)OC(=O)N1CCC(n2ccc3cc(-c4ccc(S(C)(=O)=O)cc4F)ccc32)CC1. The van der Waals surface area contributed by atoms with E-state index in [1.54, 1.807) is 4.90 Å². The molecule has 0 spiro atoms. The molecule has 0 unspecified atom stereocenters. The lowest BCUT2D eigenvalue weighted by Gasteiger charge is -2.34. The van der Waals surface area contributed by atoms with E-state index in [1.165, 1.54) is 12.1 Å². The van der Waals surface area contributed by atoms with Crippen LogP contribution in [0.2, 0.25) is 0 Å². The van der Waals surface area contributed by atoms with Crippen molar-refractivity contribution in [3.8, 4) is 11.1 Å². The number of benzene rings is 2. The summed E-state index contributed by atoms with van der Waals surface area (Å²) in [6.07, 6.45) is 4.48. The first-order valence-electron chi connectivity index (χ1n) is 11.0. The summed E-state index contributed by atoms with van der Waals surface area (Å²) < 4.78 is 45.7. The molecule has 1 aliphatic rings. The number of hydrogen-bond donors (Lipinski definition) is 0. The van der Waals surface area contributed by atoms with E-state index in [-0.39, 0.29) is 17.0 Å². The van der Waals surface area contributed by atoms with Gasteiger partial charge in [0, 0.05) is 48.1 Å². The molecule has 0 aliphatic carbocycles. The predicted octanol–water partition coefficient (Wildman–Crippen LogP) is 5.42. The Morgan fingerprint density at radius 1 is 1.06 bits per heavy atom. The minimum Gasteiger partial charge on any atom is -0.444 e. The van der Waals surface area contributed by atoms with Gasteiger partial charge in [0.15, 0.2) is 9.84 Å². The number of amides is 1. The van der Waals surface area contributed by atoms with E-state index in [4.69, 9.17) is 4.74 Å². The molecule has 3 aromatic rings. The van der Waals surface area contributed by atoms with Crippen molar-refractivity contribution in [3.05, 3.63) is 54.5 Å². The zero-order valence-corrected chi connectivity index (χ0v) is 20.2. The Kier molecular flexibility index (Phi) is 5.99. The molecule has 2 aromatic carbocycles. The van der Waals surface area contributed by atoms with Crippen molar-refractivity contribution >= 4 is 26.8 Å². The molecule has 4 rings (SSSR count). The van der Waals surface area contributed by atoms with E-state index in [9.17, 15) is 17.6 Å². The summed E-state index contributed by atoms with van der Waals surface area (Å²) in [5.41, 5.74) is 1.59. The maximum Gasteiger partial charge on any atom is 0.410 e. The van der Waals surface area contributed by atoms with Gasteiger partial charge < -0.3 is 14.2 Å². The molecule has 1 fully saturated rings. The Hall–Kier alpha value is -2.87. The minimum atomic E-state index is -3.46. The maximum absolute atomic E-state index is 14.7. The Bertz CT molecular complexity index is 1300. The molecule has 0 N–H and O–H groups in total. The third-order valence-electron chi connectivity index (χ3n) is 5.91. The highest BCUT2D eigenvalue weighted by molar-refractivity contribution is 7.90. The highest BCUT2D eigenvalue weighted by Crippen LogP contribution is 2.32. The molecular weight excluding hydrogens is 443 g/mol. The Balaban J connectivity index is 1.52. The van der Waals surface area contributed by atoms with Crippen molar-refractivity contribution in [2.75, 3.05) is 19.3 Å². The van der Waals surface area contributed by atoms with Gasteiger partial charge in [-0.05, 0) is 69.5 Å². The quantitative estimate of drug-likeness (QED) is 0.510. The summed E-state index contributed by atoms with van der Waals surface area (Å²) in [6.45, 7) is 6.86. The van der Waals surface area contributed by atoms with Crippen molar-refractivity contribution in [3.63, 3.8) is 0 Å². The number of halogens is 1. The van der Waals surface area contributed by atoms with Crippen LogP contribution in [0.25, 0.3) is 22.0 Å². The van der Waals surface area contributed by atoms with Crippen LogP contribution in [0.4, 0.5) is 9.18 Å². The first-order valence-corrected chi connectivity index (χ1v) is 12.9. The molecule has 1 amide bonds. The van der Waals surface area contributed by atoms with Crippen molar-refractivity contribution in [1.82, 2.24) is 9.47 Å². The van der Waals surface area contributed by atoms with Crippen LogP contribution in [0.5, 0.6) is 0 Å². The van der Waals surface area contributed by atoms with Gasteiger partial charge in [-0.15, -0.1) is 0 Å². The third kappa shape index (κ3) is 5.05. The van der Waals surface area contributed by atoms with Crippen LogP contribution in [0.15, 0.2) is 53.6 Å². The second-order valence-electron chi connectivity index (χ2n) is 9.61. The molecule has 2 heterocycles.